The molecular formula is C13H15BrClN3. The summed E-state index contributed by atoms with van der Waals surface area (Å²) in [7, 11) is 1.97. The van der Waals surface area contributed by atoms with Gasteiger partial charge in [0.15, 0.2) is 0 Å². The molecule has 0 aliphatic carbocycles. The van der Waals surface area contributed by atoms with E-state index in [9.17, 15) is 0 Å². The highest BCUT2D eigenvalue weighted by Crippen LogP contribution is 2.25. The monoisotopic (exact) mass is 327 g/mol. The van der Waals surface area contributed by atoms with E-state index < -0.39 is 0 Å². The van der Waals surface area contributed by atoms with Crippen LogP contribution in [0.5, 0.6) is 0 Å². The lowest BCUT2D eigenvalue weighted by Gasteiger charge is -2.07. The van der Waals surface area contributed by atoms with Gasteiger partial charge >= 0.3 is 0 Å². The first-order valence-electron chi connectivity index (χ1n) is 5.81. The number of aryl methyl sites for hydroxylation is 2. The Morgan fingerprint density at radius 1 is 1.39 bits per heavy atom. The summed E-state index contributed by atoms with van der Waals surface area (Å²) in [4.78, 5) is 0. The van der Waals surface area contributed by atoms with Crippen LogP contribution in [0.4, 0.5) is 5.69 Å². The lowest BCUT2D eigenvalue weighted by Crippen LogP contribution is -2.05. The molecule has 1 aromatic carbocycles. The molecule has 5 heteroatoms. The summed E-state index contributed by atoms with van der Waals surface area (Å²) in [5.74, 6) is 0. The quantitative estimate of drug-likeness (QED) is 0.919. The van der Waals surface area contributed by atoms with E-state index in [0.717, 1.165) is 34.5 Å². The number of halogens is 2. The second-order valence-electron chi connectivity index (χ2n) is 4.09. The van der Waals surface area contributed by atoms with Gasteiger partial charge in [0, 0.05) is 17.2 Å². The van der Waals surface area contributed by atoms with Gasteiger partial charge in [0.2, 0.25) is 0 Å². The van der Waals surface area contributed by atoms with Gasteiger partial charge in [-0.2, -0.15) is 5.10 Å². The molecule has 0 atom stereocenters. The van der Waals surface area contributed by atoms with Crippen LogP contribution in [0.15, 0.2) is 28.7 Å². The average molecular weight is 329 g/mol. The summed E-state index contributed by atoms with van der Waals surface area (Å²) >= 11 is 9.37. The van der Waals surface area contributed by atoms with Crippen molar-refractivity contribution < 1.29 is 0 Å². The molecule has 0 bridgehead atoms. The maximum absolute atomic E-state index is 5.96. The van der Waals surface area contributed by atoms with Gasteiger partial charge in [-0.05, 0) is 46.6 Å². The van der Waals surface area contributed by atoms with Crippen LogP contribution >= 0.6 is 27.5 Å². The van der Waals surface area contributed by atoms with E-state index in [1.54, 1.807) is 0 Å². The van der Waals surface area contributed by atoms with Gasteiger partial charge in [-0.3, -0.25) is 4.68 Å². The maximum atomic E-state index is 5.96. The Kier molecular flexibility index (Phi) is 4.30. The van der Waals surface area contributed by atoms with E-state index in [2.05, 4.69) is 39.3 Å². The molecule has 2 aromatic rings. The molecule has 1 N–H and O–H groups in total. The molecule has 0 spiro atoms. The van der Waals surface area contributed by atoms with Crippen LogP contribution in [-0.4, -0.2) is 9.78 Å². The largest absolute Gasteiger partial charge is 0.379 e. The van der Waals surface area contributed by atoms with Crippen LogP contribution in [0.1, 0.15) is 18.3 Å². The summed E-state index contributed by atoms with van der Waals surface area (Å²) in [6.07, 6.45) is 0.959. The van der Waals surface area contributed by atoms with Crippen molar-refractivity contribution >= 4 is 33.2 Å². The van der Waals surface area contributed by atoms with Crippen molar-refractivity contribution in [3.05, 3.63) is 45.1 Å². The lowest BCUT2D eigenvalue weighted by molar-refractivity contribution is 0.707. The standard InChI is InChI=1S/C13H15BrClN3/c1-3-9-6-11(18(2)17-9)8-16-10-4-5-13(15)12(14)7-10/h4-7,16H,3,8H2,1-2H3. The van der Waals surface area contributed by atoms with Gasteiger partial charge < -0.3 is 5.32 Å². The van der Waals surface area contributed by atoms with Crippen LogP contribution in [-0.2, 0) is 20.0 Å². The van der Waals surface area contributed by atoms with Crippen LogP contribution in [0.3, 0.4) is 0 Å². The number of anilines is 1. The molecular weight excluding hydrogens is 314 g/mol. The topological polar surface area (TPSA) is 29.9 Å². The Morgan fingerprint density at radius 3 is 2.78 bits per heavy atom. The first-order chi connectivity index (χ1) is 8.60. The lowest BCUT2D eigenvalue weighted by atomic mass is 10.3. The number of rotatable bonds is 4. The molecule has 18 heavy (non-hydrogen) atoms. The predicted octanol–water partition coefficient (Wildman–Crippen LogP) is 4.01. The zero-order valence-electron chi connectivity index (χ0n) is 10.4. The number of hydrogen-bond donors (Lipinski definition) is 1. The van der Waals surface area contributed by atoms with Gasteiger partial charge in [-0.15, -0.1) is 0 Å². The van der Waals surface area contributed by atoms with Crippen molar-refractivity contribution in [3.63, 3.8) is 0 Å². The van der Waals surface area contributed by atoms with Crippen molar-refractivity contribution in [2.45, 2.75) is 19.9 Å². The summed E-state index contributed by atoms with van der Waals surface area (Å²) in [5, 5.41) is 8.49. The number of nitrogens with zero attached hydrogens (tertiary/aromatic N) is 2. The zero-order valence-corrected chi connectivity index (χ0v) is 12.7. The molecule has 3 nitrogen and oxygen atoms in total. The van der Waals surface area contributed by atoms with E-state index in [1.807, 2.05) is 29.9 Å². The fourth-order valence-electron chi connectivity index (χ4n) is 1.71. The third-order valence-electron chi connectivity index (χ3n) is 2.78. The van der Waals surface area contributed by atoms with Crippen LogP contribution in [0.25, 0.3) is 0 Å². The number of hydrogen-bond acceptors (Lipinski definition) is 2. The van der Waals surface area contributed by atoms with E-state index in [-0.39, 0.29) is 0 Å². The summed E-state index contributed by atoms with van der Waals surface area (Å²) in [5.41, 5.74) is 3.31. The van der Waals surface area contributed by atoms with E-state index in [1.165, 1.54) is 0 Å². The second-order valence-corrected chi connectivity index (χ2v) is 5.35. The van der Waals surface area contributed by atoms with Crippen molar-refractivity contribution in [2.24, 2.45) is 7.05 Å². The summed E-state index contributed by atoms with van der Waals surface area (Å²) < 4.78 is 2.81. The van der Waals surface area contributed by atoms with Crippen molar-refractivity contribution in [1.82, 2.24) is 9.78 Å². The SMILES string of the molecule is CCc1cc(CNc2ccc(Cl)c(Br)c2)n(C)n1. The number of benzene rings is 1. The van der Waals surface area contributed by atoms with E-state index in [4.69, 9.17) is 11.6 Å². The first-order valence-corrected chi connectivity index (χ1v) is 6.98. The van der Waals surface area contributed by atoms with Crippen molar-refractivity contribution in [1.29, 1.82) is 0 Å². The predicted molar refractivity (Wildman–Crippen MR) is 79.1 cm³/mol. The average Bonchev–Trinajstić information content (AvgIpc) is 2.72. The van der Waals surface area contributed by atoms with Gasteiger partial charge in [0.25, 0.3) is 0 Å². The second kappa shape index (κ2) is 5.76. The Labute approximate surface area is 120 Å². The highest BCUT2D eigenvalue weighted by Gasteiger charge is 2.04. The van der Waals surface area contributed by atoms with Crippen molar-refractivity contribution in [3.8, 4) is 0 Å². The van der Waals surface area contributed by atoms with E-state index in [0.29, 0.717) is 5.02 Å². The first kappa shape index (κ1) is 13.4. The van der Waals surface area contributed by atoms with Crippen molar-refractivity contribution in [2.75, 3.05) is 5.32 Å². The van der Waals surface area contributed by atoms with Gasteiger partial charge in [-0.1, -0.05) is 18.5 Å². The van der Waals surface area contributed by atoms with Gasteiger partial charge in [0.1, 0.15) is 0 Å². The highest BCUT2D eigenvalue weighted by atomic mass is 79.9. The zero-order chi connectivity index (χ0) is 13.1. The smallest absolute Gasteiger partial charge is 0.0625 e. The minimum absolute atomic E-state index is 0.717. The Balaban J connectivity index is 2.06. The third kappa shape index (κ3) is 3.06. The molecule has 0 aliphatic heterocycles. The highest BCUT2D eigenvalue weighted by molar-refractivity contribution is 9.10. The van der Waals surface area contributed by atoms with E-state index >= 15 is 0 Å². The van der Waals surface area contributed by atoms with Crippen LogP contribution in [0.2, 0.25) is 5.02 Å². The van der Waals surface area contributed by atoms with Crippen LogP contribution < -0.4 is 5.32 Å². The Bertz CT molecular complexity index is 551. The number of aromatic nitrogens is 2. The summed E-state index contributed by atoms with van der Waals surface area (Å²) in [6.45, 7) is 2.85. The van der Waals surface area contributed by atoms with Crippen LogP contribution in [0, 0.1) is 0 Å². The normalized spacial score (nSPS) is 10.7. The minimum Gasteiger partial charge on any atom is -0.379 e. The molecule has 0 amide bonds. The van der Waals surface area contributed by atoms with Gasteiger partial charge in [0.05, 0.1) is 23.0 Å². The minimum atomic E-state index is 0.717. The molecule has 0 fully saturated rings. The summed E-state index contributed by atoms with van der Waals surface area (Å²) in [6, 6.07) is 7.93. The molecule has 1 aromatic heterocycles. The Hall–Kier alpha value is -1.00. The molecule has 1 heterocycles. The molecule has 0 saturated carbocycles. The fourth-order valence-corrected chi connectivity index (χ4v) is 2.20. The number of nitrogens with one attached hydrogen (secondary N) is 1. The molecule has 96 valence electrons. The maximum Gasteiger partial charge on any atom is 0.0625 e. The molecule has 0 aliphatic rings. The third-order valence-corrected chi connectivity index (χ3v) is 4.00. The Morgan fingerprint density at radius 2 is 2.17 bits per heavy atom. The van der Waals surface area contributed by atoms with Gasteiger partial charge in [-0.25, -0.2) is 0 Å². The molecule has 0 unspecified atom stereocenters. The molecule has 0 radical (unpaired) electrons. The molecule has 0 saturated heterocycles. The fraction of sp³-hybridized carbons (Fsp3) is 0.308. The molecule has 2 rings (SSSR count).